The van der Waals surface area contributed by atoms with E-state index in [4.69, 9.17) is 23.9 Å². The largest absolute Gasteiger partial charge is 0.494 e. The molecular weight excluding hydrogens is 612 g/mol. The zero-order valence-corrected chi connectivity index (χ0v) is 28.0. The monoisotopic (exact) mass is 656 g/mol. The zero-order chi connectivity index (χ0) is 32.8. The minimum absolute atomic E-state index is 0.719. The number of rotatable bonds is 12. The van der Waals surface area contributed by atoms with Gasteiger partial charge in [-0.15, -0.1) is 0 Å². The molecule has 1 N–H and O–H groups in total. The fourth-order valence-electron chi connectivity index (χ4n) is 6.92. The lowest BCUT2D eigenvalue weighted by Crippen LogP contribution is -2.37. The van der Waals surface area contributed by atoms with E-state index < -0.39 is 0 Å². The topological polar surface area (TPSA) is 72.1 Å². The van der Waals surface area contributed by atoms with Crippen molar-refractivity contribution in [2.75, 3.05) is 78.9 Å². The van der Waals surface area contributed by atoms with Crippen LogP contribution in [-0.2, 0) is 9.47 Å². The van der Waals surface area contributed by atoms with E-state index in [-0.39, 0.29) is 0 Å². The third kappa shape index (κ3) is 7.58. The molecule has 0 unspecified atom stereocenters. The predicted molar refractivity (Wildman–Crippen MR) is 197 cm³/mol. The molecule has 8 nitrogen and oxygen atoms in total. The Morgan fingerprint density at radius 1 is 0.571 bits per heavy atom. The van der Waals surface area contributed by atoms with E-state index in [0.29, 0.717) is 0 Å². The van der Waals surface area contributed by atoms with Gasteiger partial charge < -0.3 is 23.9 Å². The Labute approximate surface area is 287 Å². The highest BCUT2D eigenvalue weighted by atomic mass is 16.5. The van der Waals surface area contributed by atoms with Gasteiger partial charge in [0.15, 0.2) is 0 Å². The summed E-state index contributed by atoms with van der Waals surface area (Å²) >= 11 is 0. The molecule has 0 aliphatic carbocycles. The molecule has 4 aromatic carbocycles. The fourth-order valence-corrected chi connectivity index (χ4v) is 6.92. The Kier molecular flexibility index (Phi) is 9.71. The van der Waals surface area contributed by atoms with Crippen LogP contribution in [0.15, 0.2) is 91.0 Å². The highest BCUT2D eigenvalue weighted by molar-refractivity contribution is 6.09. The number of H-pyrrole nitrogens is 1. The lowest BCUT2D eigenvalue weighted by molar-refractivity contribution is 0.0357. The number of hydrogen-bond donors (Lipinski definition) is 1. The van der Waals surface area contributed by atoms with E-state index in [2.05, 4.69) is 106 Å². The molecular formula is C41H44N4O4. The van der Waals surface area contributed by atoms with Crippen molar-refractivity contribution in [1.29, 1.82) is 0 Å². The molecule has 8 rings (SSSR count). The van der Waals surface area contributed by atoms with Crippen LogP contribution >= 0.6 is 0 Å². The second kappa shape index (κ2) is 15.0. The lowest BCUT2D eigenvalue weighted by Gasteiger charge is -2.26. The summed E-state index contributed by atoms with van der Waals surface area (Å²) in [7, 11) is 0. The Hall–Kier alpha value is -4.47. The number of hydrogen-bond acceptors (Lipinski definition) is 7. The Bertz CT molecular complexity index is 2000. The van der Waals surface area contributed by atoms with Crippen LogP contribution in [0.5, 0.6) is 11.5 Å². The van der Waals surface area contributed by atoms with Crippen LogP contribution in [0.2, 0.25) is 0 Å². The second-order valence-electron chi connectivity index (χ2n) is 13.0. The first-order chi connectivity index (χ1) is 24.2. The van der Waals surface area contributed by atoms with E-state index in [1.165, 1.54) is 0 Å². The van der Waals surface area contributed by atoms with Crippen molar-refractivity contribution in [3.05, 3.63) is 91.0 Å². The maximum atomic E-state index is 6.04. The van der Waals surface area contributed by atoms with Gasteiger partial charge in [0.25, 0.3) is 0 Å². The third-order valence-electron chi connectivity index (χ3n) is 9.72. The van der Waals surface area contributed by atoms with Crippen LogP contribution in [0.4, 0.5) is 0 Å². The molecule has 8 heteroatoms. The molecule has 6 aromatic rings. The average Bonchev–Trinajstić information content (AvgIpc) is 3.52. The SMILES string of the molecule is c1cc(-c2ccc3nc4c(cc3c2)[nH]c2ccc(-c3ccc(OCCCN5CCOCC5)cc3)cc24)ccc1OCCCN1CCOCC1. The number of pyridine rings is 1. The van der Waals surface area contributed by atoms with Gasteiger partial charge in [-0.05, 0) is 89.7 Å². The fraction of sp³-hybridized carbons (Fsp3) is 0.341. The lowest BCUT2D eigenvalue weighted by atomic mass is 10.0. The number of morpholine rings is 2. The summed E-state index contributed by atoms with van der Waals surface area (Å²) in [6.07, 6.45) is 2.03. The number of aromatic amines is 1. The maximum absolute atomic E-state index is 6.04. The van der Waals surface area contributed by atoms with E-state index in [1.54, 1.807) is 0 Å². The van der Waals surface area contributed by atoms with Crippen molar-refractivity contribution >= 4 is 32.8 Å². The third-order valence-corrected chi connectivity index (χ3v) is 9.72. The Balaban J connectivity index is 0.919. The van der Waals surface area contributed by atoms with Gasteiger partial charge in [0.2, 0.25) is 0 Å². The standard InChI is InChI=1S/C41H44N4O4/c1(15-44-17-23-46-24-18-44)21-48-35-9-3-30(4-10-35)32-7-13-38-34(27-32)29-40-41(43-38)37-28-33(8-14-39(37)42-40)31-5-11-36(12-6-31)49-22-2-16-45-19-25-47-26-20-45/h3-14,27-29,42H,1-2,15-26H2. The molecule has 252 valence electrons. The molecule has 0 atom stereocenters. The second-order valence-corrected chi connectivity index (χ2v) is 13.0. The molecule has 2 aromatic heterocycles. The Morgan fingerprint density at radius 2 is 1.10 bits per heavy atom. The van der Waals surface area contributed by atoms with Crippen molar-refractivity contribution in [2.45, 2.75) is 12.8 Å². The van der Waals surface area contributed by atoms with E-state index in [1.807, 2.05) is 0 Å². The van der Waals surface area contributed by atoms with Crippen LogP contribution in [0.1, 0.15) is 12.8 Å². The van der Waals surface area contributed by atoms with Crippen molar-refractivity contribution in [3.63, 3.8) is 0 Å². The van der Waals surface area contributed by atoms with E-state index in [9.17, 15) is 0 Å². The molecule has 2 fully saturated rings. The molecule has 0 spiro atoms. The van der Waals surface area contributed by atoms with Gasteiger partial charge in [-0.1, -0.05) is 36.4 Å². The first-order valence-corrected chi connectivity index (χ1v) is 17.7. The number of fused-ring (bicyclic) bond motifs is 4. The highest BCUT2D eigenvalue weighted by Crippen LogP contribution is 2.33. The summed E-state index contributed by atoms with van der Waals surface area (Å²) in [5.74, 6) is 1.82. The highest BCUT2D eigenvalue weighted by Gasteiger charge is 2.13. The summed E-state index contributed by atoms with van der Waals surface area (Å²) in [4.78, 5) is 13.6. The first-order valence-electron chi connectivity index (χ1n) is 17.7. The van der Waals surface area contributed by atoms with E-state index >= 15 is 0 Å². The number of nitrogens with zero attached hydrogens (tertiary/aromatic N) is 3. The van der Waals surface area contributed by atoms with Gasteiger partial charge in [-0.2, -0.15) is 0 Å². The molecule has 2 aliphatic rings. The van der Waals surface area contributed by atoms with Crippen LogP contribution < -0.4 is 9.47 Å². The van der Waals surface area contributed by atoms with Crippen molar-refractivity contribution in [3.8, 4) is 33.8 Å². The smallest absolute Gasteiger partial charge is 0.119 e. The Morgan fingerprint density at radius 3 is 1.69 bits per heavy atom. The minimum atomic E-state index is 0.719. The maximum Gasteiger partial charge on any atom is 0.119 e. The summed E-state index contributed by atoms with van der Waals surface area (Å²) < 4.78 is 22.9. The van der Waals surface area contributed by atoms with Crippen molar-refractivity contribution < 1.29 is 18.9 Å². The van der Waals surface area contributed by atoms with Crippen molar-refractivity contribution in [1.82, 2.24) is 19.8 Å². The van der Waals surface area contributed by atoms with Gasteiger partial charge >= 0.3 is 0 Å². The van der Waals surface area contributed by atoms with Gasteiger partial charge in [-0.25, -0.2) is 4.98 Å². The normalized spacial score (nSPS) is 16.1. The van der Waals surface area contributed by atoms with Gasteiger partial charge in [0, 0.05) is 55.6 Å². The average molecular weight is 657 g/mol. The van der Waals surface area contributed by atoms with Gasteiger partial charge in [-0.3, -0.25) is 9.80 Å². The van der Waals surface area contributed by atoms with Crippen LogP contribution in [0, 0.1) is 0 Å². The number of ether oxygens (including phenoxy) is 4. The number of benzene rings is 4. The number of nitrogens with one attached hydrogen (secondary N) is 1. The van der Waals surface area contributed by atoms with Crippen molar-refractivity contribution in [2.24, 2.45) is 0 Å². The number of aromatic nitrogens is 2. The zero-order valence-electron chi connectivity index (χ0n) is 28.0. The molecule has 2 saturated heterocycles. The summed E-state index contributed by atoms with van der Waals surface area (Å²) in [5.41, 5.74) is 8.75. The molecule has 49 heavy (non-hydrogen) atoms. The van der Waals surface area contributed by atoms with Gasteiger partial charge in [0.05, 0.1) is 56.2 Å². The minimum Gasteiger partial charge on any atom is -0.494 e. The molecule has 4 heterocycles. The first kappa shape index (κ1) is 31.8. The summed E-state index contributed by atoms with van der Waals surface area (Å²) in [5, 5.41) is 2.24. The molecule has 0 saturated carbocycles. The molecule has 0 amide bonds. The van der Waals surface area contributed by atoms with Gasteiger partial charge in [0.1, 0.15) is 11.5 Å². The molecule has 2 aliphatic heterocycles. The molecule has 0 radical (unpaired) electrons. The molecule has 0 bridgehead atoms. The van der Waals surface area contributed by atoms with Crippen LogP contribution in [0.3, 0.4) is 0 Å². The van der Waals surface area contributed by atoms with Crippen LogP contribution in [-0.4, -0.2) is 98.7 Å². The quantitative estimate of drug-likeness (QED) is 0.138. The van der Waals surface area contributed by atoms with Crippen LogP contribution in [0.25, 0.3) is 55.1 Å². The summed E-state index contributed by atoms with van der Waals surface area (Å²) in [6, 6.07) is 32.1. The van der Waals surface area contributed by atoms with E-state index in [0.717, 1.165) is 158 Å². The predicted octanol–water partition coefficient (Wildman–Crippen LogP) is 7.41. The summed E-state index contributed by atoms with van der Waals surface area (Å²) in [6.45, 7) is 11.0.